The molecule has 1 fully saturated rings. The van der Waals surface area contributed by atoms with Gasteiger partial charge >= 0.3 is 12.2 Å². The zero-order valence-electron chi connectivity index (χ0n) is 21.0. The standard InChI is InChI=1S/C26H27F3N8O/c1-35-9-11-37(12-10-35)16-19-5-6-21(14-22(19)26(27,28)29)31-25(38)33-24-32-23(36(2)34-24)18-4-3-17-7-8-30-15-20(17)13-18/h3-8,13-15H,9-12,16H2,1-2H3,(H2,31,33,34,38). The highest BCUT2D eigenvalue weighted by Gasteiger charge is 2.34. The van der Waals surface area contributed by atoms with Gasteiger partial charge in [0.15, 0.2) is 5.82 Å². The van der Waals surface area contributed by atoms with Crippen LogP contribution in [-0.2, 0) is 19.8 Å². The minimum Gasteiger partial charge on any atom is -0.308 e. The Morgan fingerprint density at radius 1 is 0.974 bits per heavy atom. The number of pyridine rings is 1. The Morgan fingerprint density at radius 3 is 2.53 bits per heavy atom. The normalized spacial score (nSPS) is 15.1. The van der Waals surface area contributed by atoms with E-state index < -0.39 is 17.8 Å². The molecule has 0 spiro atoms. The van der Waals surface area contributed by atoms with Crippen molar-refractivity contribution in [3.63, 3.8) is 0 Å². The third kappa shape index (κ3) is 5.76. The molecular weight excluding hydrogens is 497 g/mol. The summed E-state index contributed by atoms with van der Waals surface area (Å²) in [5.41, 5.74) is 0.211. The van der Waals surface area contributed by atoms with Crippen LogP contribution in [0.5, 0.6) is 0 Å². The van der Waals surface area contributed by atoms with Crippen LogP contribution in [0.3, 0.4) is 0 Å². The predicted molar refractivity (Wildman–Crippen MR) is 139 cm³/mol. The molecule has 4 aromatic rings. The Balaban J connectivity index is 1.29. The fourth-order valence-electron chi connectivity index (χ4n) is 4.48. The first-order valence-electron chi connectivity index (χ1n) is 12.1. The summed E-state index contributed by atoms with van der Waals surface area (Å²) in [6.07, 6.45) is -1.10. The average Bonchev–Trinajstić information content (AvgIpc) is 3.24. The number of rotatable bonds is 5. The molecule has 2 aromatic heterocycles. The third-order valence-corrected chi connectivity index (χ3v) is 6.55. The summed E-state index contributed by atoms with van der Waals surface area (Å²) in [4.78, 5) is 25.2. The van der Waals surface area contributed by atoms with Crippen LogP contribution in [0.25, 0.3) is 22.2 Å². The molecule has 38 heavy (non-hydrogen) atoms. The number of piperazine rings is 1. The molecular formula is C26H27F3N8O. The molecule has 3 heterocycles. The molecule has 198 valence electrons. The maximum atomic E-state index is 13.9. The topological polar surface area (TPSA) is 91.2 Å². The Morgan fingerprint density at radius 2 is 1.76 bits per heavy atom. The number of aromatic nitrogens is 4. The van der Waals surface area contributed by atoms with Crippen LogP contribution in [0.1, 0.15) is 11.1 Å². The SMILES string of the molecule is CN1CCN(Cc2ccc(NC(=O)Nc3nc(-c4ccc5ccncc5c4)n(C)n3)cc2C(F)(F)F)CC1. The molecule has 1 aliphatic rings. The van der Waals surface area contributed by atoms with Gasteiger partial charge in [-0.15, -0.1) is 5.10 Å². The minimum atomic E-state index is -4.55. The van der Waals surface area contributed by atoms with Gasteiger partial charge in [-0.05, 0) is 42.3 Å². The number of alkyl halides is 3. The maximum absolute atomic E-state index is 13.9. The minimum absolute atomic E-state index is 0.0222. The number of nitrogens with one attached hydrogen (secondary N) is 2. The molecule has 12 heteroatoms. The molecule has 2 N–H and O–H groups in total. The number of urea groups is 1. The van der Waals surface area contributed by atoms with Crippen molar-refractivity contribution in [2.75, 3.05) is 43.9 Å². The second kappa shape index (κ2) is 10.4. The van der Waals surface area contributed by atoms with Crippen molar-refractivity contribution in [3.05, 3.63) is 66.0 Å². The van der Waals surface area contributed by atoms with E-state index in [1.807, 2.05) is 36.2 Å². The van der Waals surface area contributed by atoms with Gasteiger partial charge in [-0.1, -0.05) is 18.2 Å². The van der Waals surface area contributed by atoms with Crippen molar-refractivity contribution in [1.82, 2.24) is 29.5 Å². The van der Waals surface area contributed by atoms with E-state index in [9.17, 15) is 18.0 Å². The summed E-state index contributed by atoms with van der Waals surface area (Å²) >= 11 is 0. The maximum Gasteiger partial charge on any atom is 0.416 e. The monoisotopic (exact) mass is 524 g/mol. The van der Waals surface area contributed by atoms with Gasteiger partial charge in [-0.25, -0.2) is 9.48 Å². The average molecular weight is 525 g/mol. The number of anilines is 2. The first-order chi connectivity index (χ1) is 18.2. The van der Waals surface area contributed by atoms with Gasteiger partial charge in [-0.2, -0.15) is 18.2 Å². The molecule has 0 bridgehead atoms. The summed E-state index contributed by atoms with van der Waals surface area (Å²) in [5, 5.41) is 11.1. The van der Waals surface area contributed by atoms with Crippen LogP contribution in [-0.4, -0.2) is 68.8 Å². The Bertz CT molecular complexity index is 1460. The number of amides is 2. The lowest BCUT2D eigenvalue weighted by molar-refractivity contribution is -0.138. The summed E-state index contributed by atoms with van der Waals surface area (Å²) < 4.78 is 43.1. The van der Waals surface area contributed by atoms with Crippen LogP contribution >= 0.6 is 0 Å². The summed E-state index contributed by atoms with van der Waals surface area (Å²) in [5.74, 6) is 0.535. The molecule has 0 atom stereocenters. The lowest BCUT2D eigenvalue weighted by Gasteiger charge is -2.33. The van der Waals surface area contributed by atoms with Gasteiger partial charge in [0.05, 0.1) is 5.56 Å². The highest BCUT2D eigenvalue weighted by atomic mass is 19.4. The lowest BCUT2D eigenvalue weighted by Crippen LogP contribution is -2.44. The second-order valence-electron chi connectivity index (χ2n) is 9.35. The van der Waals surface area contributed by atoms with E-state index in [0.717, 1.165) is 35.5 Å². The quantitative estimate of drug-likeness (QED) is 0.401. The van der Waals surface area contributed by atoms with Gasteiger partial charge in [0.2, 0.25) is 0 Å². The zero-order chi connectivity index (χ0) is 26.9. The molecule has 2 aromatic carbocycles. The van der Waals surface area contributed by atoms with Crippen molar-refractivity contribution < 1.29 is 18.0 Å². The van der Waals surface area contributed by atoms with Gasteiger partial charge in [0, 0.05) is 68.8 Å². The van der Waals surface area contributed by atoms with E-state index in [2.05, 4.69) is 30.6 Å². The van der Waals surface area contributed by atoms with Gasteiger partial charge in [0.1, 0.15) is 0 Å². The van der Waals surface area contributed by atoms with E-state index >= 15 is 0 Å². The van der Waals surface area contributed by atoms with Crippen LogP contribution < -0.4 is 10.6 Å². The lowest BCUT2D eigenvalue weighted by atomic mass is 10.0. The number of benzene rings is 2. The number of fused-ring (bicyclic) bond motifs is 1. The number of nitrogens with zero attached hydrogens (tertiary/aromatic N) is 6. The molecule has 2 amide bonds. The highest BCUT2D eigenvalue weighted by molar-refractivity contribution is 5.98. The first kappa shape index (κ1) is 25.6. The molecule has 1 saturated heterocycles. The summed E-state index contributed by atoms with van der Waals surface area (Å²) in [7, 11) is 3.68. The number of hydrogen-bond acceptors (Lipinski definition) is 6. The molecule has 0 aliphatic carbocycles. The Labute approximate surface area is 217 Å². The number of halogens is 3. The molecule has 0 unspecified atom stereocenters. The van der Waals surface area contributed by atoms with E-state index in [4.69, 9.17) is 0 Å². The predicted octanol–water partition coefficient (Wildman–Crippen LogP) is 4.44. The van der Waals surface area contributed by atoms with Crippen molar-refractivity contribution >= 4 is 28.4 Å². The van der Waals surface area contributed by atoms with Crippen molar-refractivity contribution in [3.8, 4) is 11.4 Å². The highest BCUT2D eigenvalue weighted by Crippen LogP contribution is 2.34. The largest absolute Gasteiger partial charge is 0.416 e. The van der Waals surface area contributed by atoms with Gasteiger partial charge < -0.3 is 10.2 Å². The number of carbonyl (C=O) groups excluding carboxylic acids is 1. The Hall–Kier alpha value is -4.03. The first-order valence-corrected chi connectivity index (χ1v) is 12.1. The Kier molecular flexibility index (Phi) is 7.00. The summed E-state index contributed by atoms with van der Waals surface area (Å²) in [6.45, 7) is 3.21. The number of likely N-dealkylation sites (N-methyl/N-ethyl adjacent to an activating group) is 1. The fraction of sp³-hybridized carbons (Fsp3) is 0.308. The number of carbonyl (C=O) groups is 1. The number of hydrogen-bond donors (Lipinski definition) is 2. The number of aryl methyl sites for hydroxylation is 1. The van der Waals surface area contributed by atoms with Crippen LogP contribution in [0.2, 0.25) is 0 Å². The van der Waals surface area contributed by atoms with Crippen molar-refractivity contribution in [1.29, 1.82) is 0 Å². The van der Waals surface area contributed by atoms with E-state index in [1.165, 1.54) is 16.8 Å². The third-order valence-electron chi connectivity index (χ3n) is 6.55. The fourth-order valence-corrected chi connectivity index (χ4v) is 4.48. The molecule has 0 saturated carbocycles. The van der Waals surface area contributed by atoms with Crippen LogP contribution in [0.15, 0.2) is 54.9 Å². The molecule has 9 nitrogen and oxygen atoms in total. The van der Waals surface area contributed by atoms with Gasteiger partial charge in [-0.3, -0.25) is 15.2 Å². The van der Waals surface area contributed by atoms with Crippen LogP contribution in [0, 0.1) is 0 Å². The molecule has 0 radical (unpaired) electrons. The van der Waals surface area contributed by atoms with E-state index in [-0.39, 0.29) is 23.7 Å². The molecule has 5 rings (SSSR count). The van der Waals surface area contributed by atoms with Gasteiger partial charge in [0.25, 0.3) is 5.95 Å². The van der Waals surface area contributed by atoms with Crippen molar-refractivity contribution in [2.24, 2.45) is 7.05 Å². The smallest absolute Gasteiger partial charge is 0.308 e. The van der Waals surface area contributed by atoms with Crippen molar-refractivity contribution in [2.45, 2.75) is 12.7 Å². The van der Waals surface area contributed by atoms with Crippen LogP contribution in [0.4, 0.5) is 29.6 Å². The second-order valence-corrected chi connectivity index (χ2v) is 9.35. The zero-order valence-corrected chi connectivity index (χ0v) is 21.0. The van der Waals surface area contributed by atoms with E-state index in [1.54, 1.807) is 19.4 Å². The molecule has 1 aliphatic heterocycles. The van der Waals surface area contributed by atoms with E-state index in [0.29, 0.717) is 18.9 Å². The summed E-state index contributed by atoms with van der Waals surface area (Å²) in [6, 6.07) is 10.7.